The first kappa shape index (κ1) is 14.6. The Morgan fingerprint density at radius 3 is 2.95 bits per heavy atom. The third-order valence-corrected chi connectivity index (χ3v) is 4.12. The maximum atomic E-state index is 9.12. The van der Waals surface area contributed by atoms with Crippen molar-refractivity contribution < 1.29 is 14.2 Å². The molecule has 0 aliphatic carbocycles. The number of benzene rings is 1. The van der Waals surface area contributed by atoms with Gasteiger partial charge in [0, 0.05) is 19.4 Å². The highest BCUT2D eigenvalue weighted by molar-refractivity contribution is 6.33. The van der Waals surface area contributed by atoms with Crippen LogP contribution in [0, 0.1) is 11.3 Å². The van der Waals surface area contributed by atoms with Crippen LogP contribution >= 0.6 is 11.6 Å². The Morgan fingerprint density at radius 2 is 2.19 bits per heavy atom. The lowest BCUT2D eigenvalue weighted by atomic mass is 10.1. The van der Waals surface area contributed by atoms with Crippen LogP contribution in [0.3, 0.4) is 0 Å². The SMILES string of the molecule is N#Cc1cccc(Cl)c1NC[C@@H]1COC2(CCOCC2)O1. The van der Waals surface area contributed by atoms with Crippen LogP contribution in [0.5, 0.6) is 0 Å². The van der Waals surface area contributed by atoms with Gasteiger partial charge in [-0.25, -0.2) is 0 Å². The van der Waals surface area contributed by atoms with Crippen molar-refractivity contribution in [1.29, 1.82) is 5.26 Å². The van der Waals surface area contributed by atoms with Crippen LogP contribution in [0.1, 0.15) is 18.4 Å². The molecule has 2 heterocycles. The Labute approximate surface area is 128 Å². The lowest BCUT2D eigenvalue weighted by Crippen LogP contribution is -2.38. The van der Waals surface area contributed by atoms with Crippen molar-refractivity contribution in [3.05, 3.63) is 28.8 Å². The van der Waals surface area contributed by atoms with E-state index >= 15 is 0 Å². The number of hydrogen-bond acceptors (Lipinski definition) is 5. The summed E-state index contributed by atoms with van der Waals surface area (Å²) in [5.74, 6) is -0.483. The second kappa shape index (κ2) is 6.20. The van der Waals surface area contributed by atoms with Crippen LogP contribution in [0.4, 0.5) is 5.69 Å². The van der Waals surface area contributed by atoms with E-state index in [4.69, 9.17) is 31.1 Å². The van der Waals surface area contributed by atoms with Gasteiger partial charge in [0.1, 0.15) is 12.2 Å². The number of ether oxygens (including phenoxy) is 3. The molecule has 1 atom stereocenters. The first-order valence-electron chi connectivity index (χ1n) is 7.04. The van der Waals surface area contributed by atoms with Gasteiger partial charge in [0.2, 0.25) is 0 Å². The van der Waals surface area contributed by atoms with Gasteiger partial charge < -0.3 is 19.5 Å². The molecule has 0 bridgehead atoms. The summed E-state index contributed by atoms with van der Waals surface area (Å²) in [4.78, 5) is 0. The first-order valence-corrected chi connectivity index (χ1v) is 7.42. The molecule has 2 saturated heterocycles. The largest absolute Gasteiger partial charge is 0.381 e. The molecule has 0 unspecified atom stereocenters. The van der Waals surface area contributed by atoms with Crippen molar-refractivity contribution in [3.8, 4) is 6.07 Å². The van der Waals surface area contributed by atoms with Crippen molar-refractivity contribution in [2.45, 2.75) is 24.7 Å². The molecule has 1 aromatic carbocycles. The summed E-state index contributed by atoms with van der Waals surface area (Å²) in [6.07, 6.45) is 1.48. The minimum absolute atomic E-state index is 0.0501. The highest BCUT2D eigenvalue weighted by Gasteiger charge is 2.42. The molecule has 0 aromatic heterocycles. The van der Waals surface area contributed by atoms with E-state index in [1.807, 2.05) is 0 Å². The predicted molar refractivity (Wildman–Crippen MR) is 78.3 cm³/mol. The van der Waals surface area contributed by atoms with Crippen molar-refractivity contribution in [2.75, 3.05) is 31.7 Å². The van der Waals surface area contributed by atoms with E-state index in [9.17, 15) is 0 Å². The molecule has 2 aliphatic heterocycles. The van der Waals surface area contributed by atoms with Gasteiger partial charge in [-0.05, 0) is 12.1 Å². The molecule has 112 valence electrons. The van der Waals surface area contributed by atoms with Crippen molar-refractivity contribution >= 4 is 17.3 Å². The van der Waals surface area contributed by atoms with E-state index in [0.29, 0.717) is 42.6 Å². The number of nitrogens with one attached hydrogen (secondary N) is 1. The fourth-order valence-corrected chi connectivity index (χ4v) is 2.92. The van der Waals surface area contributed by atoms with Gasteiger partial charge in [0.15, 0.2) is 5.79 Å². The summed E-state index contributed by atoms with van der Waals surface area (Å²) in [5.41, 5.74) is 1.18. The molecule has 1 aromatic rings. The van der Waals surface area contributed by atoms with Crippen LogP contribution < -0.4 is 5.32 Å². The average molecular weight is 309 g/mol. The Bertz CT molecular complexity index is 552. The highest BCUT2D eigenvalue weighted by Crippen LogP contribution is 2.33. The number of rotatable bonds is 3. The fourth-order valence-electron chi connectivity index (χ4n) is 2.67. The molecular weight excluding hydrogens is 292 g/mol. The van der Waals surface area contributed by atoms with E-state index in [2.05, 4.69) is 11.4 Å². The second-order valence-corrected chi connectivity index (χ2v) is 5.64. The number of halogens is 1. The van der Waals surface area contributed by atoms with Gasteiger partial charge in [0.05, 0.1) is 36.1 Å². The topological polar surface area (TPSA) is 63.5 Å². The first-order chi connectivity index (χ1) is 10.2. The van der Waals surface area contributed by atoms with E-state index in [1.165, 1.54) is 0 Å². The second-order valence-electron chi connectivity index (χ2n) is 5.23. The Morgan fingerprint density at radius 1 is 1.38 bits per heavy atom. The molecule has 2 fully saturated rings. The smallest absolute Gasteiger partial charge is 0.173 e. The van der Waals surface area contributed by atoms with Crippen molar-refractivity contribution in [1.82, 2.24) is 0 Å². The minimum Gasteiger partial charge on any atom is -0.381 e. The van der Waals surface area contributed by atoms with Crippen LogP contribution in [0.2, 0.25) is 5.02 Å². The zero-order valence-electron chi connectivity index (χ0n) is 11.6. The highest BCUT2D eigenvalue weighted by atomic mass is 35.5. The van der Waals surface area contributed by atoms with E-state index in [-0.39, 0.29) is 6.10 Å². The summed E-state index contributed by atoms with van der Waals surface area (Å²) >= 11 is 6.13. The average Bonchev–Trinajstić information content (AvgIpc) is 2.89. The van der Waals surface area contributed by atoms with Gasteiger partial charge in [-0.15, -0.1) is 0 Å². The maximum absolute atomic E-state index is 9.12. The normalized spacial score (nSPS) is 23.9. The molecule has 0 saturated carbocycles. The zero-order chi connectivity index (χ0) is 14.7. The molecular formula is C15H17ClN2O3. The van der Waals surface area contributed by atoms with Gasteiger partial charge in [-0.2, -0.15) is 5.26 Å². The summed E-state index contributed by atoms with van der Waals surface area (Å²) in [6.45, 7) is 2.44. The molecule has 2 aliphatic rings. The fraction of sp³-hybridized carbons (Fsp3) is 0.533. The van der Waals surface area contributed by atoms with Crippen LogP contribution in [-0.4, -0.2) is 38.3 Å². The molecule has 5 nitrogen and oxygen atoms in total. The lowest BCUT2D eigenvalue weighted by molar-refractivity contribution is -0.209. The molecule has 21 heavy (non-hydrogen) atoms. The van der Waals surface area contributed by atoms with Gasteiger partial charge >= 0.3 is 0 Å². The van der Waals surface area contributed by atoms with E-state index in [0.717, 1.165) is 12.8 Å². The Balaban J connectivity index is 1.61. The Kier molecular flexibility index (Phi) is 4.32. The molecule has 1 N–H and O–H groups in total. The number of hydrogen-bond donors (Lipinski definition) is 1. The summed E-state index contributed by atoms with van der Waals surface area (Å²) < 4.78 is 17.2. The third kappa shape index (κ3) is 3.14. The lowest BCUT2D eigenvalue weighted by Gasteiger charge is -2.31. The molecule has 6 heteroatoms. The van der Waals surface area contributed by atoms with Gasteiger partial charge in [-0.1, -0.05) is 17.7 Å². The van der Waals surface area contributed by atoms with Crippen LogP contribution in [0.25, 0.3) is 0 Å². The van der Waals surface area contributed by atoms with Crippen molar-refractivity contribution in [2.24, 2.45) is 0 Å². The minimum atomic E-state index is -0.483. The van der Waals surface area contributed by atoms with E-state index in [1.54, 1.807) is 18.2 Å². The molecule has 1 spiro atoms. The number of nitrogens with zero attached hydrogens (tertiary/aromatic N) is 1. The van der Waals surface area contributed by atoms with Crippen LogP contribution in [-0.2, 0) is 14.2 Å². The summed E-state index contributed by atoms with van der Waals surface area (Å²) in [7, 11) is 0. The quantitative estimate of drug-likeness (QED) is 0.929. The number of nitriles is 1. The third-order valence-electron chi connectivity index (χ3n) is 3.81. The summed E-state index contributed by atoms with van der Waals surface area (Å²) in [6, 6.07) is 7.39. The van der Waals surface area contributed by atoms with Crippen LogP contribution in [0.15, 0.2) is 18.2 Å². The standard InChI is InChI=1S/C15H17ClN2O3/c16-13-3-1-2-11(8-17)14(13)18-9-12-10-20-15(21-12)4-6-19-7-5-15/h1-3,12,18H,4-7,9-10H2/t12-/m1/s1. The number of para-hydroxylation sites is 1. The molecule has 3 rings (SSSR count). The molecule has 0 amide bonds. The maximum Gasteiger partial charge on any atom is 0.173 e. The van der Waals surface area contributed by atoms with Gasteiger partial charge in [-0.3, -0.25) is 0 Å². The summed E-state index contributed by atoms with van der Waals surface area (Å²) in [5, 5.41) is 12.9. The number of anilines is 1. The Hall–Kier alpha value is -1.32. The predicted octanol–water partition coefficient (Wildman–Crippen LogP) is 2.55. The zero-order valence-corrected chi connectivity index (χ0v) is 12.4. The van der Waals surface area contributed by atoms with Crippen molar-refractivity contribution in [3.63, 3.8) is 0 Å². The molecule has 0 radical (unpaired) electrons. The van der Waals surface area contributed by atoms with E-state index < -0.39 is 5.79 Å². The monoisotopic (exact) mass is 308 g/mol. The van der Waals surface area contributed by atoms with Gasteiger partial charge in [0.25, 0.3) is 0 Å².